The summed E-state index contributed by atoms with van der Waals surface area (Å²) in [5.41, 5.74) is 0. The van der Waals surface area contributed by atoms with Gasteiger partial charge in [0, 0.05) is 37.5 Å². The number of guanidine groups is 1. The number of carbonyl (C=O) groups excluding carboxylic acids is 1. The molecule has 2 heterocycles. The highest BCUT2D eigenvalue weighted by molar-refractivity contribution is 9.11. The molecule has 0 spiro atoms. The second-order valence-corrected chi connectivity index (χ2v) is 8.25. The van der Waals surface area contributed by atoms with E-state index in [-0.39, 0.29) is 11.9 Å². The Kier molecular flexibility index (Phi) is 8.05. The number of piperidine rings is 1. The first-order chi connectivity index (χ1) is 11.6. The van der Waals surface area contributed by atoms with Gasteiger partial charge in [-0.2, -0.15) is 0 Å². The van der Waals surface area contributed by atoms with E-state index in [2.05, 4.69) is 45.2 Å². The molecule has 0 saturated carbocycles. The second kappa shape index (κ2) is 10.0. The van der Waals surface area contributed by atoms with E-state index >= 15 is 0 Å². The smallest absolute Gasteiger partial charge is 0.309 e. The van der Waals surface area contributed by atoms with Crippen LogP contribution < -0.4 is 5.32 Å². The van der Waals surface area contributed by atoms with Crippen LogP contribution in [-0.4, -0.2) is 49.6 Å². The van der Waals surface area contributed by atoms with Gasteiger partial charge in [0.1, 0.15) is 0 Å². The highest BCUT2D eigenvalue weighted by atomic mass is 79.9. The first-order valence-corrected chi connectivity index (χ1v) is 10.2. The molecule has 2 rings (SSSR count). The Morgan fingerprint density at radius 3 is 2.75 bits per heavy atom. The summed E-state index contributed by atoms with van der Waals surface area (Å²) in [6, 6.07) is 4.22. The van der Waals surface area contributed by atoms with Gasteiger partial charge in [0.2, 0.25) is 0 Å². The summed E-state index contributed by atoms with van der Waals surface area (Å²) in [5, 5.41) is 3.37. The summed E-state index contributed by atoms with van der Waals surface area (Å²) in [5.74, 6) is 0.935. The van der Waals surface area contributed by atoms with Gasteiger partial charge in [0.05, 0.1) is 16.3 Å². The summed E-state index contributed by atoms with van der Waals surface area (Å²) >= 11 is 5.25. The minimum absolute atomic E-state index is 0.0348. The minimum atomic E-state index is -0.0534. The van der Waals surface area contributed by atoms with Crippen molar-refractivity contribution < 1.29 is 9.53 Å². The van der Waals surface area contributed by atoms with Crippen LogP contribution in [0.1, 0.15) is 31.6 Å². The maximum absolute atomic E-state index is 11.8. The zero-order chi connectivity index (χ0) is 17.4. The Hall–Kier alpha value is -1.08. The standard InChI is InChI=1S/C17H26BrN3O2S/c1-3-19-17(20-10-7-14-5-6-15(18)24-14)21-11-8-13(9-12-21)16(22)23-4-2/h5-6,13H,3-4,7-12H2,1-2H3,(H,19,20). The molecule has 0 atom stereocenters. The summed E-state index contributed by atoms with van der Waals surface area (Å²) in [7, 11) is 0. The van der Waals surface area contributed by atoms with E-state index in [9.17, 15) is 4.79 Å². The molecule has 0 bridgehead atoms. The van der Waals surface area contributed by atoms with E-state index in [1.165, 1.54) is 4.88 Å². The van der Waals surface area contributed by atoms with Gasteiger partial charge in [0.25, 0.3) is 0 Å². The van der Waals surface area contributed by atoms with Crippen LogP contribution in [0.25, 0.3) is 0 Å². The van der Waals surface area contributed by atoms with E-state index in [1.807, 2.05) is 6.92 Å². The fourth-order valence-electron chi connectivity index (χ4n) is 2.77. The third kappa shape index (κ3) is 5.77. The summed E-state index contributed by atoms with van der Waals surface area (Å²) < 4.78 is 6.30. The molecule has 1 aliphatic rings. The van der Waals surface area contributed by atoms with Gasteiger partial charge >= 0.3 is 5.97 Å². The first kappa shape index (κ1) is 19.2. The van der Waals surface area contributed by atoms with Gasteiger partial charge in [-0.25, -0.2) is 0 Å². The number of hydrogen-bond acceptors (Lipinski definition) is 4. The molecule has 1 aromatic rings. The molecule has 0 radical (unpaired) electrons. The number of esters is 1. The number of thiophene rings is 1. The van der Waals surface area contributed by atoms with Crippen molar-refractivity contribution in [3.63, 3.8) is 0 Å². The molecular formula is C17H26BrN3O2S. The maximum Gasteiger partial charge on any atom is 0.309 e. The summed E-state index contributed by atoms with van der Waals surface area (Å²) in [6.45, 7) is 7.71. The number of likely N-dealkylation sites (tertiary alicyclic amines) is 1. The molecule has 0 unspecified atom stereocenters. The molecule has 0 aliphatic carbocycles. The number of halogens is 1. The van der Waals surface area contributed by atoms with Gasteiger partial charge < -0.3 is 15.0 Å². The van der Waals surface area contributed by atoms with E-state index in [0.29, 0.717) is 6.61 Å². The normalized spacial score (nSPS) is 16.3. The largest absolute Gasteiger partial charge is 0.466 e. The van der Waals surface area contributed by atoms with E-state index < -0.39 is 0 Å². The van der Waals surface area contributed by atoms with Crippen LogP contribution in [0.2, 0.25) is 0 Å². The number of ether oxygens (including phenoxy) is 1. The summed E-state index contributed by atoms with van der Waals surface area (Å²) in [6.07, 6.45) is 2.62. The van der Waals surface area contributed by atoms with E-state index in [4.69, 9.17) is 9.73 Å². The van der Waals surface area contributed by atoms with Crippen LogP contribution in [0.3, 0.4) is 0 Å². The maximum atomic E-state index is 11.8. The first-order valence-electron chi connectivity index (χ1n) is 8.58. The molecule has 1 N–H and O–H groups in total. The average Bonchev–Trinajstić information content (AvgIpc) is 3.00. The lowest BCUT2D eigenvalue weighted by Crippen LogP contribution is -2.46. The Morgan fingerprint density at radius 2 is 2.17 bits per heavy atom. The lowest BCUT2D eigenvalue weighted by Gasteiger charge is -2.33. The average molecular weight is 416 g/mol. The van der Waals surface area contributed by atoms with Crippen molar-refractivity contribution in [2.45, 2.75) is 33.1 Å². The number of aliphatic imine (C=N–C) groups is 1. The third-order valence-corrected chi connectivity index (χ3v) is 5.68. The molecule has 1 saturated heterocycles. The molecule has 5 nitrogen and oxygen atoms in total. The van der Waals surface area contributed by atoms with Crippen LogP contribution in [-0.2, 0) is 16.0 Å². The number of hydrogen-bond donors (Lipinski definition) is 1. The highest BCUT2D eigenvalue weighted by Crippen LogP contribution is 2.22. The molecule has 24 heavy (non-hydrogen) atoms. The van der Waals surface area contributed by atoms with Gasteiger partial charge in [-0.05, 0) is 54.8 Å². The predicted octanol–water partition coefficient (Wildman–Crippen LogP) is 3.29. The SMILES string of the molecule is CCNC(=NCCc1ccc(Br)s1)N1CCC(C(=O)OCC)CC1. The van der Waals surface area contributed by atoms with Crippen molar-refractivity contribution in [3.8, 4) is 0 Å². The summed E-state index contributed by atoms with van der Waals surface area (Å²) in [4.78, 5) is 20.2. The number of nitrogens with zero attached hydrogens (tertiary/aromatic N) is 2. The van der Waals surface area contributed by atoms with Crippen LogP contribution in [0.15, 0.2) is 20.9 Å². The fourth-order valence-corrected chi connectivity index (χ4v) is 4.24. The second-order valence-electron chi connectivity index (χ2n) is 5.70. The fraction of sp³-hybridized carbons (Fsp3) is 0.647. The molecule has 0 aromatic carbocycles. The monoisotopic (exact) mass is 415 g/mol. The molecule has 1 aliphatic heterocycles. The quantitative estimate of drug-likeness (QED) is 0.439. The third-order valence-electron chi connectivity index (χ3n) is 4.00. The molecule has 134 valence electrons. The van der Waals surface area contributed by atoms with E-state index in [1.54, 1.807) is 11.3 Å². The number of nitrogens with one attached hydrogen (secondary N) is 1. The van der Waals surface area contributed by atoms with Crippen LogP contribution in [0, 0.1) is 5.92 Å². The van der Waals surface area contributed by atoms with Crippen molar-refractivity contribution in [2.24, 2.45) is 10.9 Å². The Morgan fingerprint density at radius 1 is 1.42 bits per heavy atom. The van der Waals surface area contributed by atoms with Crippen molar-refractivity contribution in [1.82, 2.24) is 10.2 Å². The molecule has 0 amide bonds. The highest BCUT2D eigenvalue weighted by Gasteiger charge is 2.27. The van der Waals surface area contributed by atoms with Crippen molar-refractivity contribution in [2.75, 3.05) is 32.8 Å². The van der Waals surface area contributed by atoms with E-state index in [0.717, 1.165) is 55.2 Å². The van der Waals surface area contributed by atoms with Gasteiger partial charge in [-0.15, -0.1) is 11.3 Å². The molecule has 1 aromatic heterocycles. The van der Waals surface area contributed by atoms with Crippen molar-refractivity contribution >= 4 is 39.2 Å². The number of carbonyl (C=O) groups is 1. The van der Waals surface area contributed by atoms with Crippen molar-refractivity contribution in [3.05, 3.63) is 20.8 Å². The van der Waals surface area contributed by atoms with Crippen LogP contribution in [0.5, 0.6) is 0 Å². The Balaban J connectivity index is 1.86. The zero-order valence-electron chi connectivity index (χ0n) is 14.4. The van der Waals surface area contributed by atoms with Gasteiger partial charge in [-0.1, -0.05) is 0 Å². The van der Waals surface area contributed by atoms with Gasteiger partial charge in [-0.3, -0.25) is 9.79 Å². The lowest BCUT2D eigenvalue weighted by molar-refractivity contribution is -0.149. The van der Waals surface area contributed by atoms with Gasteiger partial charge in [0.15, 0.2) is 5.96 Å². The number of rotatable bonds is 6. The minimum Gasteiger partial charge on any atom is -0.466 e. The van der Waals surface area contributed by atoms with Crippen molar-refractivity contribution in [1.29, 1.82) is 0 Å². The molecule has 7 heteroatoms. The van der Waals surface area contributed by atoms with Crippen LogP contribution in [0.4, 0.5) is 0 Å². The lowest BCUT2D eigenvalue weighted by atomic mass is 9.97. The van der Waals surface area contributed by atoms with Crippen LogP contribution >= 0.6 is 27.3 Å². The predicted molar refractivity (Wildman–Crippen MR) is 103 cm³/mol. The topological polar surface area (TPSA) is 53.9 Å². The Bertz CT molecular complexity index is 554. The Labute approximate surface area is 156 Å². The molecular weight excluding hydrogens is 390 g/mol. The zero-order valence-corrected chi connectivity index (χ0v) is 16.8. The molecule has 1 fully saturated rings.